The minimum absolute atomic E-state index is 0.0550. The van der Waals surface area contributed by atoms with E-state index in [1.165, 1.54) is 10.2 Å². The first kappa shape index (κ1) is 21.5. The van der Waals surface area contributed by atoms with Crippen molar-refractivity contribution in [3.63, 3.8) is 0 Å². The van der Waals surface area contributed by atoms with Crippen LogP contribution in [-0.2, 0) is 23.2 Å². The molecule has 2 amide bonds. The number of nitrogens with one attached hydrogen (secondary N) is 2. The molecule has 0 atom stereocenters. The minimum atomic E-state index is -0.334. The number of nitrogens with zero attached hydrogens (tertiary/aromatic N) is 2. The van der Waals surface area contributed by atoms with Crippen LogP contribution >= 0.6 is 0 Å². The second-order valence-electron chi connectivity index (χ2n) is 8.15. The number of hydrogen-bond donors (Lipinski definition) is 2. The van der Waals surface area contributed by atoms with Gasteiger partial charge in [0.05, 0.1) is 30.8 Å². The van der Waals surface area contributed by atoms with Gasteiger partial charge in [0.15, 0.2) is 0 Å². The Balaban J connectivity index is 1.74. The molecule has 1 heterocycles. The predicted octanol–water partition coefficient (Wildman–Crippen LogP) is 3.66. The topological polar surface area (TPSA) is 85.2 Å². The number of rotatable bonds is 6. The maximum atomic E-state index is 12.6. The van der Waals surface area contributed by atoms with E-state index in [4.69, 9.17) is 4.74 Å². The third-order valence-electron chi connectivity index (χ3n) is 4.88. The fraction of sp³-hybridized carbons (Fsp3) is 0.348. The lowest BCUT2D eigenvalue weighted by Gasteiger charge is -2.19. The number of aromatic nitrogens is 2. The Morgan fingerprint density at radius 1 is 1.07 bits per heavy atom. The van der Waals surface area contributed by atoms with Gasteiger partial charge in [0.2, 0.25) is 0 Å². The summed E-state index contributed by atoms with van der Waals surface area (Å²) >= 11 is 0. The Labute approximate surface area is 176 Å². The summed E-state index contributed by atoms with van der Waals surface area (Å²) in [5.41, 5.74) is 2.42. The number of hydrogen-bond acceptors (Lipinski definition) is 4. The van der Waals surface area contributed by atoms with Crippen LogP contribution in [0.2, 0.25) is 0 Å². The van der Waals surface area contributed by atoms with Crippen molar-refractivity contribution in [1.29, 1.82) is 0 Å². The minimum Gasteiger partial charge on any atom is -0.383 e. The highest BCUT2D eigenvalue weighted by Crippen LogP contribution is 2.23. The number of anilines is 1. The molecule has 0 unspecified atom stereocenters. The van der Waals surface area contributed by atoms with E-state index in [2.05, 4.69) is 36.5 Å². The van der Waals surface area contributed by atoms with E-state index >= 15 is 0 Å². The number of carbonyl (C=O) groups excluding carboxylic acids is 1. The Hall–Kier alpha value is -3.19. The molecule has 0 saturated heterocycles. The lowest BCUT2D eigenvalue weighted by molar-refractivity contribution is 0.181. The smallest absolute Gasteiger partial charge is 0.319 e. The third kappa shape index (κ3) is 5.04. The number of urea groups is 1. The van der Waals surface area contributed by atoms with Gasteiger partial charge in [-0.25, -0.2) is 9.48 Å². The van der Waals surface area contributed by atoms with Gasteiger partial charge in [0, 0.05) is 18.2 Å². The summed E-state index contributed by atoms with van der Waals surface area (Å²) in [5, 5.41) is 11.4. The van der Waals surface area contributed by atoms with Gasteiger partial charge in [-0.3, -0.25) is 4.79 Å². The van der Waals surface area contributed by atoms with Gasteiger partial charge in [-0.15, -0.1) is 0 Å². The molecule has 7 heteroatoms. The van der Waals surface area contributed by atoms with Crippen LogP contribution in [0.4, 0.5) is 10.5 Å². The van der Waals surface area contributed by atoms with E-state index in [-0.39, 0.29) is 23.6 Å². The molecule has 2 aromatic carbocycles. The molecule has 0 aliphatic carbocycles. The van der Waals surface area contributed by atoms with Crippen molar-refractivity contribution in [1.82, 2.24) is 15.1 Å². The SMILES string of the molecule is COCCn1nc(CNC(=O)Nc2ccc(C(C)(C)C)cc2)c2ccccc2c1=O. The number of fused-ring (bicyclic) bond motifs is 1. The lowest BCUT2D eigenvalue weighted by Crippen LogP contribution is -2.31. The van der Waals surface area contributed by atoms with Gasteiger partial charge in [-0.1, -0.05) is 51.1 Å². The summed E-state index contributed by atoms with van der Waals surface area (Å²) in [5.74, 6) is 0. The van der Waals surface area contributed by atoms with E-state index < -0.39 is 0 Å². The van der Waals surface area contributed by atoms with Crippen LogP contribution in [0.15, 0.2) is 53.3 Å². The summed E-state index contributed by atoms with van der Waals surface area (Å²) in [6, 6.07) is 14.7. The number of amides is 2. The maximum Gasteiger partial charge on any atom is 0.319 e. The number of methoxy groups -OCH3 is 1. The largest absolute Gasteiger partial charge is 0.383 e. The average Bonchev–Trinajstić information content (AvgIpc) is 2.72. The van der Waals surface area contributed by atoms with Crippen LogP contribution in [-0.4, -0.2) is 29.5 Å². The average molecular weight is 409 g/mol. The molecule has 1 aromatic heterocycles. The van der Waals surface area contributed by atoms with E-state index in [1.54, 1.807) is 13.2 Å². The fourth-order valence-electron chi connectivity index (χ4n) is 3.16. The maximum absolute atomic E-state index is 12.6. The monoisotopic (exact) mass is 408 g/mol. The van der Waals surface area contributed by atoms with Gasteiger partial charge < -0.3 is 15.4 Å². The zero-order valence-electron chi connectivity index (χ0n) is 17.9. The lowest BCUT2D eigenvalue weighted by atomic mass is 9.87. The van der Waals surface area contributed by atoms with Crippen molar-refractivity contribution in [3.8, 4) is 0 Å². The Morgan fingerprint density at radius 3 is 2.37 bits per heavy atom. The molecule has 0 aliphatic rings. The molecule has 0 fully saturated rings. The number of ether oxygens (including phenoxy) is 1. The van der Waals surface area contributed by atoms with Crippen LogP contribution in [0.5, 0.6) is 0 Å². The van der Waals surface area contributed by atoms with Crippen molar-refractivity contribution in [2.45, 2.75) is 39.3 Å². The predicted molar refractivity (Wildman–Crippen MR) is 119 cm³/mol. The highest BCUT2D eigenvalue weighted by atomic mass is 16.5. The first-order valence-corrected chi connectivity index (χ1v) is 9.92. The van der Waals surface area contributed by atoms with E-state index in [9.17, 15) is 9.59 Å². The normalized spacial score (nSPS) is 11.5. The second kappa shape index (κ2) is 9.09. The van der Waals surface area contributed by atoms with Crippen LogP contribution in [0.25, 0.3) is 10.8 Å². The van der Waals surface area contributed by atoms with E-state index in [1.807, 2.05) is 42.5 Å². The van der Waals surface area contributed by atoms with Crippen molar-refractivity contribution in [2.24, 2.45) is 0 Å². The van der Waals surface area contributed by atoms with Gasteiger partial charge in [0.25, 0.3) is 5.56 Å². The Kier molecular flexibility index (Phi) is 6.52. The van der Waals surface area contributed by atoms with Gasteiger partial charge >= 0.3 is 6.03 Å². The molecule has 3 rings (SSSR count). The van der Waals surface area contributed by atoms with E-state index in [0.717, 1.165) is 5.39 Å². The van der Waals surface area contributed by atoms with Crippen LogP contribution < -0.4 is 16.2 Å². The summed E-state index contributed by atoms with van der Waals surface area (Å²) in [6.45, 7) is 7.35. The van der Waals surface area contributed by atoms with E-state index in [0.29, 0.717) is 29.9 Å². The first-order chi connectivity index (χ1) is 14.3. The molecule has 30 heavy (non-hydrogen) atoms. The van der Waals surface area contributed by atoms with Gasteiger partial charge in [0.1, 0.15) is 0 Å². The molecule has 0 radical (unpaired) electrons. The summed E-state index contributed by atoms with van der Waals surface area (Å²) < 4.78 is 6.45. The van der Waals surface area contributed by atoms with Crippen LogP contribution in [0.3, 0.4) is 0 Å². The molecule has 0 aliphatic heterocycles. The zero-order chi connectivity index (χ0) is 21.7. The molecule has 0 saturated carbocycles. The summed E-state index contributed by atoms with van der Waals surface area (Å²) in [7, 11) is 1.58. The Bertz CT molecular complexity index is 1080. The van der Waals surface area contributed by atoms with Gasteiger partial charge in [-0.05, 0) is 29.2 Å². The van der Waals surface area contributed by atoms with Gasteiger partial charge in [-0.2, -0.15) is 5.10 Å². The summed E-state index contributed by atoms with van der Waals surface area (Å²) in [4.78, 5) is 25.0. The highest BCUT2D eigenvalue weighted by molar-refractivity contribution is 5.90. The number of benzene rings is 2. The first-order valence-electron chi connectivity index (χ1n) is 9.92. The van der Waals surface area contributed by atoms with Crippen molar-refractivity contribution in [2.75, 3.05) is 19.0 Å². The standard InChI is InChI=1S/C23H28N4O3/c1-23(2,3)16-9-11-17(12-10-16)25-22(29)24-15-20-18-7-5-6-8-19(18)21(28)27(26-20)13-14-30-4/h5-12H,13-15H2,1-4H3,(H2,24,25,29). The highest BCUT2D eigenvalue weighted by Gasteiger charge is 2.14. The molecular weight excluding hydrogens is 380 g/mol. The zero-order valence-corrected chi connectivity index (χ0v) is 17.9. The van der Waals surface area contributed by atoms with Crippen LogP contribution in [0, 0.1) is 0 Å². The summed E-state index contributed by atoms with van der Waals surface area (Å²) in [6.07, 6.45) is 0. The molecule has 158 valence electrons. The molecular formula is C23H28N4O3. The third-order valence-corrected chi connectivity index (χ3v) is 4.88. The number of carbonyl (C=O) groups is 1. The molecule has 3 aromatic rings. The molecule has 2 N–H and O–H groups in total. The van der Waals surface area contributed by atoms with Crippen molar-refractivity contribution >= 4 is 22.5 Å². The van der Waals surface area contributed by atoms with Crippen LogP contribution in [0.1, 0.15) is 32.0 Å². The van der Waals surface area contributed by atoms with Crippen molar-refractivity contribution in [3.05, 3.63) is 70.1 Å². The van der Waals surface area contributed by atoms with Crippen molar-refractivity contribution < 1.29 is 9.53 Å². The molecule has 0 bridgehead atoms. The molecule has 0 spiro atoms. The fourth-order valence-corrected chi connectivity index (χ4v) is 3.16. The molecule has 7 nitrogen and oxygen atoms in total. The Morgan fingerprint density at radius 2 is 1.73 bits per heavy atom. The quantitative estimate of drug-likeness (QED) is 0.652. The second-order valence-corrected chi connectivity index (χ2v) is 8.15.